The van der Waals surface area contributed by atoms with Gasteiger partial charge >= 0.3 is 0 Å². The molecule has 1 aromatic heterocycles. The number of hydrogen-bond donors (Lipinski definition) is 1. The highest BCUT2D eigenvalue weighted by Crippen LogP contribution is 2.21. The van der Waals surface area contributed by atoms with Gasteiger partial charge in [0.05, 0.1) is 6.61 Å². The van der Waals surface area contributed by atoms with E-state index in [4.69, 9.17) is 5.90 Å². The molecule has 0 aliphatic carbocycles. The highest BCUT2D eigenvalue weighted by Gasteiger charge is 2.03. The maximum Gasteiger partial charge on any atom is 0.0719 e. The molecule has 2 aromatic rings. The molecular formula is C12H16N2O. The van der Waals surface area contributed by atoms with Gasteiger partial charge in [-0.05, 0) is 36.6 Å². The summed E-state index contributed by atoms with van der Waals surface area (Å²) in [6.45, 7) is 2.70. The van der Waals surface area contributed by atoms with Crippen molar-refractivity contribution in [2.45, 2.75) is 13.3 Å². The Morgan fingerprint density at radius 1 is 1.40 bits per heavy atom. The van der Waals surface area contributed by atoms with Crippen molar-refractivity contribution in [3.63, 3.8) is 0 Å². The molecule has 1 aromatic carbocycles. The lowest BCUT2D eigenvalue weighted by atomic mass is 10.1. The highest BCUT2D eigenvalue weighted by atomic mass is 16.6. The zero-order valence-corrected chi connectivity index (χ0v) is 9.16. The van der Waals surface area contributed by atoms with E-state index in [0.29, 0.717) is 6.61 Å². The summed E-state index contributed by atoms with van der Waals surface area (Å²) in [5.74, 6) is 5.02. The molecule has 80 valence electrons. The smallest absolute Gasteiger partial charge is 0.0719 e. The molecule has 0 fully saturated rings. The van der Waals surface area contributed by atoms with Gasteiger partial charge in [0.2, 0.25) is 0 Å². The van der Waals surface area contributed by atoms with Crippen LogP contribution in [0.2, 0.25) is 0 Å². The summed E-state index contributed by atoms with van der Waals surface area (Å²) in [5, 5.41) is 1.31. The van der Waals surface area contributed by atoms with E-state index in [1.54, 1.807) is 0 Å². The Balaban J connectivity index is 2.41. The van der Waals surface area contributed by atoms with Gasteiger partial charge in [0.25, 0.3) is 0 Å². The molecule has 3 heteroatoms. The molecule has 0 spiro atoms. The summed E-state index contributed by atoms with van der Waals surface area (Å²) in [6, 6.07) is 6.48. The third-order valence-electron chi connectivity index (χ3n) is 2.76. The van der Waals surface area contributed by atoms with E-state index in [9.17, 15) is 0 Å². The minimum Gasteiger partial charge on any atom is -0.350 e. The molecule has 0 aliphatic heterocycles. The molecule has 1 heterocycles. The SMILES string of the molecule is Cc1cn(C)c2ccc(CCON)cc12. The molecule has 3 nitrogen and oxygen atoms in total. The first kappa shape index (κ1) is 10.2. The van der Waals surface area contributed by atoms with E-state index < -0.39 is 0 Å². The maximum atomic E-state index is 5.02. The van der Waals surface area contributed by atoms with Gasteiger partial charge in [-0.3, -0.25) is 0 Å². The second kappa shape index (κ2) is 4.04. The Labute approximate surface area is 89.4 Å². The van der Waals surface area contributed by atoms with Crippen molar-refractivity contribution in [3.05, 3.63) is 35.5 Å². The van der Waals surface area contributed by atoms with Crippen LogP contribution >= 0.6 is 0 Å². The maximum absolute atomic E-state index is 5.02. The third kappa shape index (κ3) is 1.89. The number of benzene rings is 1. The van der Waals surface area contributed by atoms with Gasteiger partial charge in [-0.15, -0.1) is 0 Å². The monoisotopic (exact) mass is 204 g/mol. The van der Waals surface area contributed by atoms with Crippen molar-refractivity contribution < 1.29 is 4.84 Å². The van der Waals surface area contributed by atoms with Crippen LogP contribution in [-0.2, 0) is 18.3 Å². The standard InChI is InChI=1S/C12H16N2O/c1-9-8-14(2)12-4-3-10(5-6-15-13)7-11(9)12/h3-4,7-8H,5-6,13H2,1-2H3. The molecule has 15 heavy (non-hydrogen) atoms. The number of nitrogens with zero attached hydrogens (tertiary/aromatic N) is 1. The molecule has 0 radical (unpaired) electrons. The summed E-state index contributed by atoms with van der Waals surface area (Å²) in [4.78, 5) is 4.59. The van der Waals surface area contributed by atoms with Gasteiger partial charge in [0, 0.05) is 24.1 Å². The van der Waals surface area contributed by atoms with Gasteiger partial charge in [0.1, 0.15) is 0 Å². The van der Waals surface area contributed by atoms with E-state index in [1.165, 1.54) is 22.0 Å². The third-order valence-corrected chi connectivity index (χ3v) is 2.76. The zero-order valence-electron chi connectivity index (χ0n) is 9.16. The molecule has 2 rings (SSSR count). The molecule has 0 saturated heterocycles. The first-order valence-corrected chi connectivity index (χ1v) is 5.08. The van der Waals surface area contributed by atoms with Crippen molar-refractivity contribution in [2.24, 2.45) is 12.9 Å². The lowest BCUT2D eigenvalue weighted by molar-refractivity contribution is 0.141. The average Bonchev–Trinajstić information content (AvgIpc) is 2.52. The van der Waals surface area contributed by atoms with E-state index in [0.717, 1.165) is 6.42 Å². The molecule has 0 bridgehead atoms. The van der Waals surface area contributed by atoms with Crippen molar-refractivity contribution in [1.82, 2.24) is 4.57 Å². The normalized spacial score (nSPS) is 11.1. The number of aromatic nitrogens is 1. The van der Waals surface area contributed by atoms with Crippen molar-refractivity contribution >= 4 is 10.9 Å². The first-order chi connectivity index (χ1) is 7.22. The molecule has 0 aliphatic rings. The molecule has 2 N–H and O–H groups in total. The number of nitrogens with two attached hydrogens (primary N) is 1. The highest BCUT2D eigenvalue weighted by molar-refractivity contribution is 5.84. The van der Waals surface area contributed by atoms with Crippen LogP contribution in [0.1, 0.15) is 11.1 Å². The van der Waals surface area contributed by atoms with E-state index in [-0.39, 0.29) is 0 Å². The van der Waals surface area contributed by atoms with Crippen molar-refractivity contribution in [1.29, 1.82) is 0 Å². The number of rotatable bonds is 3. The fourth-order valence-electron chi connectivity index (χ4n) is 1.97. The number of fused-ring (bicyclic) bond motifs is 1. The molecule has 0 saturated carbocycles. The summed E-state index contributed by atoms with van der Waals surface area (Å²) in [5.41, 5.74) is 3.84. The Hall–Kier alpha value is -1.32. The lowest BCUT2D eigenvalue weighted by Gasteiger charge is -2.01. The van der Waals surface area contributed by atoms with Crippen LogP contribution in [0.5, 0.6) is 0 Å². The Kier molecular flexibility index (Phi) is 2.75. The fourth-order valence-corrected chi connectivity index (χ4v) is 1.97. The summed E-state index contributed by atoms with van der Waals surface area (Å²) in [7, 11) is 2.07. The summed E-state index contributed by atoms with van der Waals surface area (Å²) in [6.07, 6.45) is 3.01. The van der Waals surface area contributed by atoms with Crippen LogP contribution in [0, 0.1) is 6.92 Å². The van der Waals surface area contributed by atoms with Gasteiger partial charge in [-0.1, -0.05) is 6.07 Å². The van der Waals surface area contributed by atoms with Crippen LogP contribution in [-0.4, -0.2) is 11.2 Å². The van der Waals surface area contributed by atoms with Gasteiger partial charge in [-0.2, -0.15) is 0 Å². The second-order valence-electron chi connectivity index (χ2n) is 3.90. The molecular weight excluding hydrogens is 188 g/mol. The predicted octanol–water partition coefficient (Wildman–Crippen LogP) is 1.92. The Morgan fingerprint density at radius 2 is 2.20 bits per heavy atom. The van der Waals surface area contributed by atoms with Crippen molar-refractivity contribution in [2.75, 3.05) is 6.61 Å². The minimum atomic E-state index is 0.567. The number of hydrogen-bond acceptors (Lipinski definition) is 2. The zero-order chi connectivity index (χ0) is 10.8. The quantitative estimate of drug-likeness (QED) is 0.776. The largest absolute Gasteiger partial charge is 0.350 e. The average molecular weight is 204 g/mol. The summed E-state index contributed by atoms with van der Waals surface area (Å²) >= 11 is 0. The first-order valence-electron chi connectivity index (χ1n) is 5.08. The Bertz CT molecular complexity index is 474. The van der Waals surface area contributed by atoms with Crippen LogP contribution in [0.4, 0.5) is 0 Å². The van der Waals surface area contributed by atoms with E-state index >= 15 is 0 Å². The molecule has 0 unspecified atom stereocenters. The predicted molar refractivity (Wildman–Crippen MR) is 61.5 cm³/mol. The second-order valence-corrected chi connectivity index (χ2v) is 3.90. The molecule has 0 atom stereocenters. The van der Waals surface area contributed by atoms with Gasteiger partial charge in [-0.25, -0.2) is 5.90 Å². The van der Waals surface area contributed by atoms with E-state index in [2.05, 4.69) is 47.8 Å². The topological polar surface area (TPSA) is 40.2 Å². The van der Waals surface area contributed by atoms with Crippen LogP contribution < -0.4 is 5.90 Å². The van der Waals surface area contributed by atoms with E-state index in [1.807, 2.05) is 0 Å². The van der Waals surface area contributed by atoms with Crippen LogP contribution in [0.25, 0.3) is 10.9 Å². The molecule has 0 amide bonds. The Morgan fingerprint density at radius 3 is 2.93 bits per heavy atom. The number of aryl methyl sites for hydroxylation is 2. The van der Waals surface area contributed by atoms with Gasteiger partial charge < -0.3 is 9.40 Å². The van der Waals surface area contributed by atoms with Crippen LogP contribution in [0.3, 0.4) is 0 Å². The lowest BCUT2D eigenvalue weighted by Crippen LogP contribution is -2.03. The minimum absolute atomic E-state index is 0.567. The summed E-state index contributed by atoms with van der Waals surface area (Å²) < 4.78 is 2.15. The fraction of sp³-hybridized carbons (Fsp3) is 0.333. The van der Waals surface area contributed by atoms with Crippen molar-refractivity contribution in [3.8, 4) is 0 Å². The van der Waals surface area contributed by atoms with Crippen LogP contribution in [0.15, 0.2) is 24.4 Å². The van der Waals surface area contributed by atoms with Gasteiger partial charge in [0.15, 0.2) is 0 Å².